The number of nitrogens with one attached hydrogen (secondary N) is 1. The summed E-state index contributed by atoms with van der Waals surface area (Å²) >= 11 is 5.98. The van der Waals surface area contributed by atoms with E-state index in [0.29, 0.717) is 33.7 Å². The number of rotatable bonds is 4. The number of pyridine rings is 1. The molecular formula is C23H32ClN5O. The average molecular weight is 430 g/mol. The largest absolute Gasteiger partial charge is 0.507 e. The van der Waals surface area contributed by atoms with Crippen molar-refractivity contribution in [2.24, 2.45) is 11.5 Å². The van der Waals surface area contributed by atoms with Crippen molar-refractivity contribution in [3.8, 4) is 5.75 Å². The Morgan fingerprint density at radius 1 is 1.17 bits per heavy atom. The van der Waals surface area contributed by atoms with Gasteiger partial charge in [-0.2, -0.15) is 0 Å². The third-order valence-electron chi connectivity index (χ3n) is 5.63. The van der Waals surface area contributed by atoms with Gasteiger partial charge in [0.2, 0.25) is 0 Å². The van der Waals surface area contributed by atoms with Crippen molar-refractivity contribution in [3.05, 3.63) is 53.0 Å². The lowest BCUT2D eigenvalue weighted by atomic mass is 9.79. The van der Waals surface area contributed by atoms with E-state index >= 15 is 0 Å². The number of nitrogens with two attached hydrogens (primary N) is 2. The number of hydrogen-bond acceptors (Lipinski definition) is 6. The Balaban J connectivity index is 1.83. The molecule has 6 N–H and O–H groups in total. The summed E-state index contributed by atoms with van der Waals surface area (Å²) in [7, 11) is 2.01. The van der Waals surface area contributed by atoms with Crippen molar-refractivity contribution >= 4 is 28.2 Å². The molecule has 1 aliphatic heterocycles. The van der Waals surface area contributed by atoms with Crippen LogP contribution in [0.3, 0.4) is 0 Å². The van der Waals surface area contributed by atoms with Crippen LogP contribution < -0.4 is 16.8 Å². The number of phenolic OH excluding ortho intramolecular Hbond substituents is 1. The van der Waals surface area contributed by atoms with E-state index in [2.05, 4.69) is 42.9 Å². The van der Waals surface area contributed by atoms with Gasteiger partial charge in [-0.3, -0.25) is 4.98 Å². The minimum Gasteiger partial charge on any atom is -0.507 e. The molecule has 1 aromatic carbocycles. The van der Waals surface area contributed by atoms with E-state index in [1.165, 1.54) is 0 Å². The molecule has 1 aromatic heterocycles. The molecule has 1 saturated heterocycles. The second kappa shape index (κ2) is 8.00. The highest BCUT2D eigenvalue weighted by Crippen LogP contribution is 2.32. The van der Waals surface area contributed by atoms with E-state index in [9.17, 15) is 5.11 Å². The number of halogens is 1. The number of allylic oxidation sites excluding steroid dienone is 2. The molecule has 30 heavy (non-hydrogen) atoms. The van der Waals surface area contributed by atoms with E-state index in [4.69, 9.17) is 23.1 Å². The van der Waals surface area contributed by atoms with Gasteiger partial charge in [-0.05, 0) is 70.9 Å². The molecule has 2 aromatic rings. The molecule has 7 heteroatoms. The number of phenols is 1. The second-order valence-corrected chi connectivity index (χ2v) is 9.93. The van der Waals surface area contributed by atoms with Crippen molar-refractivity contribution < 1.29 is 5.11 Å². The fraction of sp³-hybridized carbons (Fsp3) is 0.435. The van der Waals surface area contributed by atoms with Gasteiger partial charge >= 0.3 is 0 Å². The van der Waals surface area contributed by atoms with Crippen LogP contribution >= 0.6 is 11.6 Å². The Bertz CT molecular complexity index is 996. The average Bonchev–Trinajstić information content (AvgIpc) is 2.62. The molecule has 2 heterocycles. The predicted octanol–water partition coefficient (Wildman–Crippen LogP) is 3.93. The van der Waals surface area contributed by atoms with E-state index in [0.717, 1.165) is 18.2 Å². The summed E-state index contributed by atoms with van der Waals surface area (Å²) in [6, 6.07) is 5.42. The van der Waals surface area contributed by atoms with Crippen molar-refractivity contribution in [3.63, 3.8) is 0 Å². The van der Waals surface area contributed by atoms with Gasteiger partial charge in [0, 0.05) is 47.0 Å². The van der Waals surface area contributed by atoms with Crippen molar-refractivity contribution in [1.29, 1.82) is 0 Å². The first-order valence-corrected chi connectivity index (χ1v) is 10.5. The molecule has 3 rings (SSSR count). The van der Waals surface area contributed by atoms with Crippen molar-refractivity contribution in [2.45, 2.75) is 57.7 Å². The smallest absolute Gasteiger partial charge is 0.125 e. The molecule has 0 bridgehead atoms. The topological polar surface area (TPSA) is 100 Å². The Labute approximate surface area is 183 Å². The monoisotopic (exact) mass is 429 g/mol. The number of nitrogens with zero attached hydrogens (tertiary/aromatic N) is 2. The molecule has 0 unspecified atom stereocenters. The summed E-state index contributed by atoms with van der Waals surface area (Å²) in [5.41, 5.74) is 14.3. The van der Waals surface area contributed by atoms with Gasteiger partial charge in [0.25, 0.3) is 0 Å². The highest BCUT2D eigenvalue weighted by atomic mass is 35.5. The van der Waals surface area contributed by atoms with Gasteiger partial charge < -0.3 is 26.8 Å². The molecular weight excluding hydrogens is 398 g/mol. The van der Waals surface area contributed by atoms with Crippen molar-refractivity contribution in [1.82, 2.24) is 15.2 Å². The Hall–Kier alpha value is -2.44. The number of aromatic hydroxyl groups is 1. The minimum atomic E-state index is 0.0304. The van der Waals surface area contributed by atoms with E-state index in [1.807, 2.05) is 7.05 Å². The zero-order chi connectivity index (χ0) is 22.3. The van der Waals surface area contributed by atoms with Crippen LogP contribution in [0.5, 0.6) is 5.75 Å². The number of hydrogen-bond donors (Lipinski definition) is 4. The predicted molar refractivity (Wildman–Crippen MR) is 125 cm³/mol. The first kappa shape index (κ1) is 22.2. The highest BCUT2D eigenvalue weighted by Gasteiger charge is 2.39. The van der Waals surface area contributed by atoms with Crippen molar-refractivity contribution in [2.75, 3.05) is 7.05 Å². The van der Waals surface area contributed by atoms with Gasteiger partial charge in [-0.1, -0.05) is 11.6 Å². The Morgan fingerprint density at radius 2 is 1.80 bits per heavy atom. The lowest BCUT2D eigenvalue weighted by Crippen LogP contribution is -2.61. The number of benzene rings is 1. The van der Waals surface area contributed by atoms with Crippen LogP contribution in [0.1, 0.15) is 46.1 Å². The molecule has 0 spiro atoms. The van der Waals surface area contributed by atoms with Gasteiger partial charge in [-0.15, -0.1) is 0 Å². The summed E-state index contributed by atoms with van der Waals surface area (Å²) in [6.45, 7) is 8.87. The number of fused-ring (bicyclic) bond motifs is 1. The molecule has 0 amide bonds. The standard InChI is InChI=1S/C23H32ClN5O/c1-22(2)11-16(12-23(3,4)28-22)29(5)21(26)7-6-18(25)17-10-19-14(9-20(17)30)8-15(24)13-27-19/h6-10,13,16,28,30H,11-12,25-26H2,1-5H3/b18-6-,21-7+. The molecule has 162 valence electrons. The summed E-state index contributed by atoms with van der Waals surface area (Å²) in [6.07, 6.45) is 7.05. The zero-order valence-electron chi connectivity index (χ0n) is 18.3. The third-order valence-corrected chi connectivity index (χ3v) is 5.84. The fourth-order valence-corrected chi connectivity index (χ4v) is 4.67. The summed E-state index contributed by atoms with van der Waals surface area (Å²) < 4.78 is 0. The summed E-state index contributed by atoms with van der Waals surface area (Å²) in [5, 5.41) is 15.4. The maximum absolute atomic E-state index is 10.4. The Morgan fingerprint density at radius 3 is 2.43 bits per heavy atom. The zero-order valence-corrected chi connectivity index (χ0v) is 19.1. The molecule has 6 nitrogen and oxygen atoms in total. The maximum atomic E-state index is 10.4. The molecule has 0 atom stereocenters. The normalized spacial score (nSPS) is 19.8. The van der Waals surface area contributed by atoms with E-state index in [1.54, 1.807) is 36.5 Å². The maximum Gasteiger partial charge on any atom is 0.125 e. The van der Waals surface area contributed by atoms with Crippen LogP contribution in [0.15, 0.2) is 42.4 Å². The second-order valence-electron chi connectivity index (χ2n) is 9.49. The molecule has 0 aliphatic carbocycles. The summed E-state index contributed by atoms with van der Waals surface area (Å²) in [4.78, 5) is 6.41. The highest BCUT2D eigenvalue weighted by molar-refractivity contribution is 6.31. The molecule has 0 radical (unpaired) electrons. The van der Waals surface area contributed by atoms with E-state index in [-0.39, 0.29) is 16.8 Å². The van der Waals surface area contributed by atoms with Crippen LogP contribution in [0.4, 0.5) is 0 Å². The first-order chi connectivity index (χ1) is 13.9. The molecule has 1 aliphatic rings. The van der Waals surface area contributed by atoms with Crippen LogP contribution in [0.2, 0.25) is 5.02 Å². The molecule has 1 fully saturated rings. The fourth-order valence-electron chi connectivity index (χ4n) is 4.50. The van der Waals surface area contributed by atoms with Gasteiger partial charge in [-0.25, -0.2) is 0 Å². The quantitative estimate of drug-likeness (QED) is 0.549. The summed E-state index contributed by atoms with van der Waals surface area (Å²) in [5.74, 6) is 0.698. The van der Waals surface area contributed by atoms with Crippen LogP contribution in [-0.4, -0.2) is 39.2 Å². The van der Waals surface area contributed by atoms with E-state index < -0.39 is 0 Å². The minimum absolute atomic E-state index is 0.0304. The van der Waals surface area contributed by atoms with Gasteiger partial charge in [0.05, 0.1) is 16.4 Å². The third kappa shape index (κ3) is 4.99. The van der Waals surface area contributed by atoms with Crippen LogP contribution in [-0.2, 0) is 0 Å². The lowest BCUT2D eigenvalue weighted by Gasteiger charge is -2.49. The van der Waals surface area contributed by atoms with Crippen LogP contribution in [0.25, 0.3) is 16.6 Å². The Kier molecular flexibility index (Phi) is 5.94. The molecule has 0 saturated carbocycles. The van der Waals surface area contributed by atoms with Crippen LogP contribution in [0, 0.1) is 0 Å². The first-order valence-electron chi connectivity index (χ1n) is 10.1. The lowest BCUT2D eigenvalue weighted by molar-refractivity contribution is 0.0981. The number of aromatic nitrogens is 1. The SMILES string of the molecule is CN(/C(N)=C/C=C(\N)c1cc2ncc(Cl)cc2cc1O)C1CC(C)(C)NC(C)(C)C1. The number of piperidine rings is 1. The van der Waals surface area contributed by atoms with Gasteiger partial charge in [0.1, 0.15) is 5.75 Å². The van der Waals surface area contributed by atoms with Gasteiger partial charge in [0.15, 0.2) is 0 Å².